The summed E-state index contributed by atoms with van der Waals surface area (Å²) in [5.74, 6) is 0.132. The molecule has 0 spiro atoms. The Kier molecular flexibility index (Phi) is 6.39. The van der Waals surface area contributed by atoms with E-state index in [2.05, 4.69) is 104 Å². The summed E-state index contributed by atoms with van der Waals surface area (Å²) < 4.78 is 0. The Bertz CT molecular complexity index is 1710. The second-order valence-corrected chi connectivity index (χ2v) is 12.2. The van der Waals surface area contributed by atoms with Gasteiger partial charge >= 0.3 is 0 Å². The number of fused-ring (bicyclic) bond motifs is 2. The van der Waals surface area contributed by atoms with Gasteiger partial charge in [-0.3, -0.25) is 9.59 Å². The van der Waals surface area contributed by atoms with Gasteiger partial charge in [0.2, 0.25) is 0 Å². The smallest absolute Gasteiger partial charge is 0.197 e. The summed E-state index contributed by atoms with van der Waals surface area (Å²) in [5, 5.41) is 0. The van der Waals surface area contributed by atoms with Crippen molar-refractivity contribution in [3.05, 3.63) is 155 Å². The molecule has 0 amide bonds. The molecule has 3 aliphatic rings. The van der Waals surface area contributed by atoms with Crippen LogP contribution >= 0.6 is 0 Å². The van der Waals surface area contributed by atoms with Crippen molar-refractivity contribution in [2.75, 3.05) is 4.90 Å². The molecule has 4 aromatic rings. The highest BCUT2D eigenvalue weighted by atomic mass is 16.2. The molecule has 206 valence electrons. The monoisotopic (exact) mass is 547 g/mol. The first-order valence-electron chi connectivity index (χ1n) is 14.8. The number of allylic oxidation sites excluding steroid dienone is 6. The lowest BCUT2D eigenvalue weighted by molar-refractivity contribution is 0.0985. The van der Waals surface area contributed by atoms with Crippen LogP contribution in [0.1, 0.15) is 59.4 Å². The van der Waals surface area contributed by atoms with E-state index in [4.69, 9.17) is 0 Å². The number of hydrogen-bond acceptors (Lipinski definition) is 3. The number of carbonyl (C=O) groups is 2. The summed E-state index contributed by atoms with van der Waals surface area (Å²) in [5.41, 5.74) is 9.33. The van der Waals surface area contributed by atoms with Crippen molar-refractivity contribution in [3.8, 4) is 0 Å². The third-order valence-corrected chi connectivity index (χ3v) is 9.09. The topological polar surface area (TPSA) is 37.4 Å². The molecule has 0 saturated carbocycles. The summed E-state index contributed by atoms with van der Waals surface area (Å²) >= 11 is 0. The first-order valence-corrected chi connectivity index (χ1v) is 14.8. The van der Waals surface area contributed by atoms with Gasteiger partial charge in [-0.05, 0) is 89.3 Å². The van der Waals surface area contributed by atoms with Crippen molar-refractivity contribution in [1.29, 1.82) is 0 Å². The minimum Gasteiger partial charge on any atom is -0.311 e. The van der Waals surface area contributed by atoms with Crippen LogP contribution in [0.15, 0.2) is 138 Å². The van der Waals surface area contributed by atoms with Crippen LogP contribution in [0, 0.1) is 11.3 Å². The normalized spacial score (nSPS) is 19.1. The molecule has 42 heavy (non-hydrogen) atoms. The van der Waals surface area contributed by atoms with Gasteiger partial charge in [0.25, 0.3) is 0 Å². The fraction of sp³-hybridized carbons (Fsp3) is 0.179. The van der Waals surface area contributed by atoms with Gasteiger partial charge in [-0.1, -0.05) is 98.8 Å². The van der Waals surface area contributed by atoms with Crippen molar-refractivity contribution in [1.82, 2.24) is 0 Å². The van der Waals surface area contributed by atoms with E-state index in [1.165, 1.54) is 16.7 Å². The highest BCUT2D eigenvalue weighted by Gasteiger charge is 2.41. The molecule has 3 heteroatoms. The van der Waals surface area contributed by atoms with Gasteiger partial charge in [-0.2, -0.15) is 0 Å². The number of benzene rings is 4. The maximum atomic E-state index is 13.3. The maximum Gasteiger partial charge on any atom is 0.197 e. The van der Waals surface area contributed by atoms with Crippen molar-refractivity contribution in [2.45, 2.75) is 33.1 Å². The Labute approximate surface area is 247 Å². The number of hydrogen-bond donors (Lipinski definition) is 0. The van der Waals surface area contributed by atoms with Gasteiger partial charge in [-0.15, -0.1) is 0 Å². The standard InChI is InChI=1S/C39H33NO2/c1-39(2)25-29(36-37(41)33-15-9-10-16-34(33)38(36)42)24-28-23-27(19-22-35(28)39)26-17-20-32(21-18-26)40(30-11-5-3-6-12-30)31-13-7-4-8-14-31/h3-18,20-21,23-24,35H,19,22,25H2,1-2H3. The zero-order valence-electron chi connectivity index (χ0n) is 24.0. The number of Topliss-reactive ketones (excluding diaryl/α,β-unsaturated/α-hetero) is 2. The SMILES string of the molecule is CC1(C)CC(=C2C(=O)c3ccccc3C2=O)C=C2C=C(c3ccc(N(c4ccccc4)c4ccccc4)cc3)CCC21. The Morgan fingerprint density at radius 3 is 1.74 bits per heavy atom. The molecule has 1 unspecified atom stereocenters. The molecule has 0 saturated heterocycles. The van der Waals surface area contributed by atoms with Gasteiger partial charge in [0.05, 0.1) is 5.57 Å². The molecule has 3 nitrogen and oxygen atoms in total. The molecule has 3 aliphatic carbocycles. The molecule has 0 heterocycles. The van der Waals surface area contributed by atoms with Crippen LogP contribution in [0.5, 0.6) is 0 Å². The maximum absolute atomic E-state index is 13.3. The molecule has 1 atom stereocenters. The molecular weight excluding hydrogens is 514 g/mol. The highest BCUT2D eigenvalue weighted by molar-refractivity contribution is 6.40. The average molecular weight is 548 g/mol. The minimum atomic E-state index is -0.131. The van der Waals surface area contributed by atoms with E-state index >= 15 is 0 Å². The predicted molar refractivity (Wildman–Crippen MR) is 170 cm³/mol. The van der Waals surface area contributed by atoms with Gasteiger partial charge in [-0.25, -0.2) is 0 Å². The minimum absolute atomic E-state index is 0.0422. The van der Waals surface area contributed by atoms with Crippen molar-refractivity contribution in [3.63, 3.8) is 0 Å². The summed E-state index contributed by atoms with van der Waals surface area (Å²) in [6.07, 6.45) is 7.24. The van der Waals surface area contributed by atoms with Crippen LogP contribution in [-0.2, 0) is 0 Å². The van der Waals surface area contributed by atoms with Crippen molar-refractivity contribution >= 4 is 34.2 Å². The number of anilines is 3. The van der Waals surface area contributed by atoms with E-state index in [0.717, 1.165) is 41.9 Å². The fourth-order valence-corrected chi connectivity index (χ4v) is 7.05. The van der Waals surface area contributed by atoms with Crippen LogP contribution < -0.4 is 4.90 Å². The first kappa shape index (κ1) is 26.2. The fourth-order valence-electron chi connectivity index (χ4n) is 7.05. The molecular formula is C39H33NO2. The second kappa shape index (κ2) is 10.3. The van der Waals surface area contributed by atoms with E-state index in [9.17, 15) is 9.59 Å². The van der Waals surface area contributed by atoms with Crippen LogP contribution in [0.2, 0.25) is 0 Å². The Balaban J connectivity index is 1.25. The van der Waals surface area contributed by atoms with E-state index in [-0.39, 0.29) is 17.0 Å². The van der Waals surface area contributed by atoms with Crippen LogP contribution in [-0.4, -0.2) is 11.6 Å². The van der Waals surface area contributed by atoms with E-state index in [1.807, 2.05) is 24.3 Å². The molecule has 0 bridgehead atoms. The largest absolute Gasteiger partial charge is 0.311 e. The summed E-state index contributed by atoms with van der Waals surface area (Å²) in [4.78, 5) is 28.9. The summed E-state index contributed by atoms with van der Waals surface area (Å²) in [6, 6.07) is 36.9. The Morgan fingerprint density at radius 1 is 0.643 bits per heavy atom. The Morgan fingerprint density at radius 2 is 1.17 bits per heavy atom. The number of ketones is 2. The lowest BCUT2D eigenvalue weighted by Crippen LogP contribution is -2.31. The average Bonchev–Trinajstić information content (AvgIpc) is 3.27. The highest BCUT2D eigenvalue weighted by Crippen LogP contribution is 2.51. The number of para-hydroxylation sites is 2. The van der Waals surface area contributed by atoms with Crippen molar-refractivity contribution < 1.29 is 9.59 Å². The predicted octanol–water partition coefficient (Wildman–Crippen LogP) is 9.68. The third kappa shape index (κ3) is 4.46. The zero-order chi connectivity index (χ0) is 28.8. The lowest BCUT2D eigenvalue weighted by Gasteiger charge is -2.42. The Hall–Kier alpha value is -4.76. The number of nitrogens with zero attached hydrogens (tertiary/aromatic N) is 1. The third-order valence-electron chi connectivity index (χ3n) is 9.09. The molecule has 0 fully saturated rings. The van der Waals surface area contributed by atoms with Gasteiger partial charge < -0.3 is 4.90 Å². The number of rotatable bonds is 4. The number of carbonyl (C=O) groups excluding carboxylic acids is 2. The molecule has 7 rings (SSSR count). The van der Waals surface area contributed by atoms with Crippen LogP contribution in [0.3, 0.4) is 0 Å². The van der Waals surface area contributed by atoms with Gasteiger partial charge in [0.1, 0.15) is 0 Å². The van der Waals surface area contributed by atoms with E-state index in [0.29, 0.717) is 22.6 Å². The van der Waals surface area contributed by atoms with Gasteiger partial charge in [0, 0.05) is 28.2 Å². The molecule has 0 aliphatic heterocycles. The second-order valence-electron chi connectivity index (χ2n) is 12.2. The quantitative estimate of drug-likeness (QED) is 0.189. The molecule has 0 N–H and O–H groups in total. The molecule has 0 aromatic heterocycles. The van der Waals surface area contributed by atoms with Crippen LogP contribution in [0.4, 0.5) is 17.1 Å². The van der Waals surface area contributed by atoms with E-state index in [1.54, 1.807) is 12.1 Å². The van der Waals surface area contributed by atoms with E-state index < -0.39 is 0 Å². The lowest BCUT2D eigenvalue weighted by atomic mass is 9.62. The van der Waals surface area contributed by atoms with Crippen LogP contribution in [0.25, 0.3) is 5.57 Å². The summed E-state index contributed by atoms with van der Waals surface area (Å²) in [7, 11) is 0. The first-order chi connectivity index (χ1) is 20.4. The summed E-state index contributed by atoms with van der Waals surface area (Å²) in [6.45, 7) is 4.55. The van der Waals surface area contributed by atoms with Gasteiger partial charge in [0.15, 0.2) is 11.6 Å². The molecule has 4 aromatic carbocycles. The molecule has 0 radical (unpaired) electrons. The zero-order valence-corrected chi connectivity index (χ0v) is 24.0. The van der Waals surface area contributed by atoms with Crippen molar-refractivity contribution in [2.24, 2.45) is 11.3 Å².